The fourth-order valence-corrected chi connectivity index (χ4v) is 8.74. The van der Waals surface area contributed by atoms with Crippen LogP contribution in [0, 0.1) is 17.8 Å². The molecule has 14 heteroatoms. The minimum absolute atomic E-state index is 0.133. The number of hydrogen-bond donors (Lipinski definition) is 5. The van der Waals surface area contributed by atoms with Gasteiger partial charge in [0.2, 0.25) is 0 Å². The van der Waals surface area contributed by atoms with Gasteiger partial charge in [0.25, 0.3) is 0 Å². The van der Waals surface area contributed by atoms with Crippen molar-refractivity contribution in [1.82, 2.24) is 9.80 Å². The number of likely N-dealkylation sites (N-methyl/N-ethyl adjacent to an activating group) is 2. The Kier molecular flexibility index (Phi) is 15.6. The largest absolute Gasteiger partial charge is 0.459 e. The summed E-state index contributed by atoms with van der Waals surface area (Å²) in [5.41, 5.74) is -4.37. The summed E-state index contributed by atoms with van der Waals surface area (Å²) in [6.07, 6.45) is -8.19. The van der Waals surface area contributed by atoms with Gasteiger partial charge in [-0.3, -0.25) is 4.79 Å². The highest BCUT2D eigenvalue weighted by Crippen LogP contribution is 2.40. The Bertz CT molecular complexity index is 1140. The van der Waals surface area contributed by atoms with Crippen molar-refractivity contribution in [3.63, 3.8) is 0 Å². The van der Waals surface area contributed by atoms with Gasteiger partial charge in [-0.1, -0.05) is 20.8 Å². The van der Waals surface area contributed by atoms with E-state index in [1.807, 2.05) is 51.7 Å². The summed E-state index contributed by atoms with van der Waals surface area (Å²) < 4.78 is 37.5. The Balaban J connectivity index is 2.17. The van der Waals surface area contributed by atoms with E-state index in [9.17, 15) is 30.3 Å². The molecule has 3 rings (SSSR count). The van der Waals surface area contributed by atoms with Gasteiger partial charge >= 0.3 is 5.97 Å². The molecule has 18 atom stereocenters. The molecule has 3 saturated heterocycles. The van der Waals surface area contributed by atoms with Gasteiger partial charge in [0.15, 0.2) is 12.6 Å². The van der Waals surface area contributed by atoms with Crippen molar-refractivity contribution in [1.29, 1.82) is 0 Å². The molecule has 0 aromatic rings. The first-order chi connectivity index (χ1) is 23.9. The van der Waals surface area contributed by atoms with Gasteiger partial charge in [-0.05, 0) is 94.8 Å². The second kappa shape index (κ2) is 17.8. The monoisotopic (exact) mass is 749 g/mol. The van der Waals surface area contributed by atoms with Crippen LogP contribution in [0.5, 0.6) is 0 Å². The van der Waals surface area contributed by atoms with E-state index in [1.54, 1.807) is 41.5 Å². The molecule has 5 N–H and O–H groups in total. The van der Waals surface area contributed by atoms with Crippen LogP contribution in [0.25, 0.3) is 0 Å². The molecule has 306 valence electrons. The lowest BCUT2D eigenvalue weighted by molar-refractivity contribution is -0.318. The molecule has 0 aromatic carbocycles. The molecule has 0 amide bonds. The van der Waals surface area contributed by atoms with Gasteiger partial charge in [0, 0.05) is 38.1 Å². The summed E-state index contributed by atoms with van der Waals surface area (Å²) in [5.74, 6) is -2.58. The Morgan fingerprint density at radius 2 is 1.56 bits per heavy atom. The van der Waals surface area contributed by atoms with Gasteiger partial charge in [-0.2, -0.15) is 0 Å². The summed E-state index contributed by atoms with van der Waals surface area (Å²) in [4.78, 5) is 18.0. The van der Waals surface area contributed by atoms with E-state index in [2.05, 4.69) is 0 Å². The lowest BCUT2D eigenvalue weighted by Crippen LogP contribution is -2.60. The number of methoxy groups -OCH3 is 1. The number of ether oxygens (including phenoxy) is 6. The zero-order chi connectivity index (χ0) is 39.7. The molecule has 0 radical (unpaired) electrons. The van der Waals surface area contributed by atoms with Crippen molar-refractivity contribution in [2.45, 2.75) is 185 Å². The maximum Gasteiger partial charge on any atom is 0.311 e. The standard InChI is InChI=1S/C38H72N2O12/c1-15-27-38(10,46)31(42)24(6)40(13)19-20(2)17-36(8,45)33(52-35-29(41)26(39(11)12)16-21(3)48-35)22(4)30(23(5)34(44)50-27)51-28-18-37(9,47-14)32(43)25(7)49-28/h20-33,35,41-43,45-46H,15-19H2,1-14H3/t20-,21-,22+,23-,24-,25?,26+,27-,28+,29-,30+,31-,32+,33-,35+,36-,37-,38-/m1/s1. The Labute approximate surface area is 312 Å². The maximum absolute atomic E-state index is 14.2. The van der Waals surface area contributed by atoms with Crippen LogP contribution < -0.4 is 0 Å². The third-order valence-corrected chi connectivity index (χ3v) is 12.2. The second-order valence-corrected chi connectivity index (χ2v) is 17.2. The highest BCUT2D eigenvalue weighted by atomic mass is 16.7. The highest BCUT2D eigenvalue weighted by Gasteiger charge is 2.52. The predicted octanol–water partition coefficient (Wildman–Crippen LogP) is 1.90. The van der Waals surface area contributed by atoms with Crippen molar-refractivity contribution in [2.24, 2.45) is 17.8 Å². The van der Waals surface area contributed by atoms with Crippen LogP contribution in [0.1, 0.15) is 94.9 Å². The zero-order valence-electron chi connectivity index (χ0n) is 34.2. The molecule has 0 aliphatic carbocycles. The average Bonchev–Trinajstić information content (AvgIpc) is 3.05. The van der Waals surface area contributed by atoms with E-state index < -0.39 is 96.0 Å². The van der Waals surface area contributed by atoms with Crippen molar-refractivity contribution in [3.8, 4) is 0 Å². The van der Waals surface area contributed by atoms with E-state index in [1.165, 1.54) is 14.0 Å². The minimum atomic E-state index is -1.80. The summed E-state index contributed by atoms with van der Waals surface area (Å²) in [5, 5.41) is 58.1. The number of rotatable bonds is 7. The molecule has 14 nitrogen and oxygen atoms in total. The Hall–Kier alpha value is -1.01. The van der Waals surface area contributed by atoms with Crippen molar-refractivity contribution < 1.29 is 58.7 Å². The van der Waals surface area contributed by atoms with Crippen molar-refractivity contribution >= 4 is 5.97 Å². The quantitative estimate of drug-likeness (QED) is 0.238. The van der Waals surface area contributed by atoms with Crippen LogP contribution in [-0.2, 0) is 33.2 Å². The Morgan fingerprint density at radius 3 is 2.12 bits per heavy atom. The minimum Gasteiger partial charge on any atom is -0.459 e. The average molecular weight is 749 g/mol. The summed E-state index contributed by atoms with van der Waals surface area (Å²) in [7, 11) is 7.12. The van der Waals surface area contributed by atoms with E-state index in [0.29, 0.717) is 13.0 Å². The topological polar surface area (TPSA) is 180 Å². The van der Waals surface area contributed by atoms with Crippen LogP contribution in [-0.4, -0.2) is 166 Å². The number of aliphatic hydroxyl groups is 5. The molecule has 52 heavy (non-hydrogen) atoms. The fraction of sp³-hybridized carbons (Fsp3) is 0.974. The first-order valence-corrected chi connectivity index (χ1v) is 19.1. The van der Waals surface area contributed by atoms with Gasteiger partial charge in [-0.25, -0.2) is 0 Å². The lowest BCUT2D eigenvalue weighted by Gasteiger charge is -2.48. The predicted molar refractivity (Wildman–Crippen MR) is 194 cm³/mol. The van der Waals surface area contributed by atoms with E-state index in [4.69, 9.17) is 28.4 Å². The molecule has 0 saturated carbocycles. The lowest BCUT2D eigenvalue weighted by atomic mass is 9.77. The summed E-state index contributed by atoms with van der Waals surface area (Å²) in [6.45, 7) is 18.0. The highest BCUT2D eigenvalue weighted by molar-refractivity contribution is 5.73. The smallest absolute Gasteiger partial charge is 0.311 e. The fourth-order valence-electron chi connectivity index (χ4n) is 8.74. The second-order valence-electron chi connectivity index (χ2n) is 17.2. The first kappa shape index (κ1) is 45.4. The number of carbonyl (C=O) groups is 1. The van der Waals surface area contributed by atoms with Gasteiger partial charge < -0.3 is 63.8 Å². The van der Waals surface area contributed by atoms with Crippen LogP contribution in [0.4, 0.5) is 0 Å². The van der Waals surface area contributed by atoms with Crippen LogP contribution in [0.3, 0.4) is 0 Å². The van der Waals surface area contributed by atoms with Crippen molar-refractivity contribution in [2.75, 3.05) is 34.8 Å². The number of nitrogens with zero attached hydrogens (tertiary/aromatic N) is 2. The molecule has 3 aliphatic heterocycles. The number of cyclic esters (lactones) is 1. The molecule has 0 aromatic heterocycles. The number of aliphatic hydroxyl groups excluding tert-OH is 3. The van der Waals surface area contributed by atoms with Gasteiger partial charge in [0.1, 0.15) is 30.0 Å². The van der Waals surface area contributed by atoms with E-state index in [-0.39, 0.29) is 37.3 Å². The van der Waals surface area contributed by atoms with Gasteiger partial charge in [-0.15, -0.1) is 0 Å². The summed E-state index contributed by atoms with van der Waals surface area (Å²) in [6, 6.07) is -0.808. The molecule has 0 spiro atoms. The molecule has 0 bridgehead atoms. The van der Waals surface area contributed by atoms with Crippen LogP contribution in [0.2, 0.25) is 0 Å². The molecule has 3 heterocycles. The number of carbonyl (C=O) groups excluding carboxylic acids is 1. The van der Waals surface area contributed by atoms with E-state index in [0.717, 1.165) is 0 Å². The number of hydrogen-bond acceptors (Lipinski definition) is 14. The normalized spacial score (nSPS) is 49.6. The van der Waals surface area contributed by atoms with Gasteiger partial charge in [0.05, 0.1) is 41.5 Å². The zero-order valence-corrected chi connectivity index (χ0v) is 34.2. The Morgan fingerprint density at radius 1 is 0.942 bits per heavy atom. The molecular weight excluding hydrogens is 676 g/mol. The summed E-state index contributed by atoms with van der Waals surface area (Å²) >= 11 is 0. The maximum atomic E-state index is 14.2. The first-order valence-electron chi connectivity index (χ1n) is 19.1. The molecule has 3 aliphatic rings. The SMILES string of the molecule is CC[C@H]1OC(=O)[C@H](C)[C@@H](O[C@H]2C[C@@](C)(OC)[C@@H](O)C(C)O2)[C@H](C)[C@@H](O[C@@H]2O[C@H](C)C[C@H](N(C)C)[C@H]2O)[C@](C)(O)C[C@@H](C)CN(C)[C@H](C)[C@@H](O)[C@]1(C)O. The molecular formula is C38H72N2O12. The molecule has 3 fully saturated rings. The van der Waals surface area contributed by atoms with E-state index >= 15 is 0 Å². The van der Waals surface area contributed by atoms with Crippen LogP contribution in [0.15, 0.2) is 0 Å². The van der Waals surface area contributed by atoms with Crippen LogP contribution >= 0.6 is 0 Å². The van der Waals surface area contributed by atoms with Crippen molar-refractivity contribution in [3.05, 3.63) is 0 Å². The molecule has 1 unspecified atom stereocenters. The number of esters is 1. The third-order valence-electron chi connectivity index (χ3n) is 12.2. The third kappa shape index (κ3) is 10.0.